The number of anilines is 1. The molecule has 1 aliphatic heterocycles. The molecule has 1 aromatic carbocycles. The molecule has 0 saturated carbocycles. The lowest BCUT2D eigenvalue weighted by Gasteiger charge is -2.22. The van der Waals surface area contributed by atoms with Crippen molar-refractivity contribution < 1.29 is 18.1 Å². The van der Waals surface area contributed by atoms with Crippen molar-refractivity contribution in [2.24, 2.45) is 11.1 Å². The van der Waals surface area contributed by atoms with E-state index in [1.54, 1.807) is 0 Å². The Bertz CT molecular complexity index is 626. The summed E-state index contributed by atoms with van der Waals surface area (Å²) in [5.74, 6) is 0.344. The van der Waals surface area contributed by atoms with Crippen LogP contribution < -0.4 is 10.5 Å². The van der Waals surface area contributed by atoms with Gasteiger partial charge in [-0.2, -0.15) is 0 Å². The van der Waals surface area contributed by atoms with E-state index in [0.717, 1.165) is 25.0 Å². The number of rotatable bonds is 5. The monoisotopic (exact) mass is 315 g/mol. The number of nitro benzene ring substituents is 1. The van der Waals surface area contributed by atoms with Gasteiger partial charge in [0.05, 0.1) is 9.82 Å². The quantitative estimate of drug-likeness (QED) is 0.619. The average molecular weight is 315 g/mol. The van der Waals surface area contributed by atoms with E-state index in [0.29, 0.717) is 25.7 Å². The van der Waals surface area contributed by atoms with E-state index in [9.17, 15) is 18.5 Å². The molecule has 3 N–H and O–H groups in total. The summed E-state index contributed by atoms with van der Waals surface area (Å²) in [4.78, 5) is 10.3. The van der Waals surface area contributed by atoms with Crippen LogP contribution in [-0.2, 0) is 14.8 Å². The molecule has 0 aromatic heterocycles. The highest BCUT2D eigenvalue weighted by atomic mass is 32.2. The number of ether oxygens (including phenoxy) is 1. The smallest absolute Gasteiger partial charge is 0.292 e. The molecule has 116 valence electrons. The molecule has 0 spiro atoms. The maximum atomic E-state index is 11.3. The van der Waals surface area contributed by atoms with Crippen LogP contribution in [0.25, 0.3) is 0 Å². The van der Waals surface area contributed by atoms with E-state index in [4.69, 9.17) is 9.88 Å². The third-order valence-electron chi connectivity index (χ3n) is 3.42. The maximum absolute atomic E-state index is 11.3. The van der Waals surface area contributed by atoms with Gasteiger partial charge in [0.15, 0.2) is 0 Å². The first-order valence-corrected chi connectivity index (χ1v) is 8.05. The lowest BCUT2D eigenvalue weighted by atomic mass is 10.0. The zero-order valence-corrected chi connectivity index (χ0v) is 12.1. The standard InChI is InChI=1S/C12H17N3O5S/c13-21(18,19)10-1-2-12(15(16)17)11(7-10)14-8-9-3-5-20-6-4-9/h1-2,7,9,14H,3-6,8H2,(H2,13,18,19). The molecule has 1 heterocycles. The van der Waals surface area contributed by atoms with E-state index in [2.05, 4.69) is 5.32 Å². The number of nitrogens with two attached hydrogens (primary N) is 1. The van der Waals surface area contributed by atoms with Gasteiger partial charge in [0.1, 0.15) is 5.69 Å². The van der Waals surface area contributed by atoms with Crippen LogP contribution in [0, 0.1) is 16.0 Å². The first kappa shape index (κ1) is 15.7. The molecular formula is C12H17N3O5S. The SMILES string of the molecule is NS(=O)(=O)c1ccc([N+](=O)[O-])c(NCC2CCOCC2)c1. The number of nitrogens with zero attached hydrogens (tertiary/aromatic N) is 1. The van der Waals surface area contributed by atoms with Crippen LogP contribution >= 0.6 is 0 Å². The zero-order chi connectivity index (χ0) is 15.5. The second kappa shape index (κ2) is 6.37. The minimum absolute atomic E-state index is 0.150. The molecule has 0 aliphatic carbocycles. The largest absolute Gasteiger partial charge is 0.381 e. The van der Waals surface area contributed by atoms with E-state index >= 15 is 0 Å². The fourth-order valence-corrected chi connectivity index (χ4v) is 2.74. The van der Waals surface area contributed by atoms with E-state index in [-0.39, 0.29) is 16.3 Å². The third-order valence-corrected chi connectivity index (χ3v) is 4.33. The highest BCUT2D eigenvalue weighted by Crippen LogP contribution is 2.28. The van der Waals surface area contributed by atoms with Crippen molar-refractivity contribution in [2.45, 2.75) is 17.7 Å². The topological polar surface area (TPSA) is 125 Å². The Hall–Kier alpha value is -1.71. The first-order chi connectivity index (χ1) is 9.88. The summed E-state index contributed by atoms with van der Waals surface area (Å²) in [6.45, 7) is 1.87. The van der Waals surface area contributed by atoms with Crippen LogP contribution in [0.15, 0.2) is 23.1 Å². The molecule has 1 aromatic rings. The molecule has 0 bridgehead atoms. The van der Waals surface area contributed by atoms with E-state index in [1.807, 2.05) is 0 Å². The molecule has 1 saturated heterocycles. The van der Waals surface area contributed by atoms with Gasteiger partial charge in [0, 0.05) is 25.8 Å². The van der Waals surface area contributed by atoms with E-state index < -0.39 is 14.9 Å². The normalized spacial score (nSPS) is 16.6. The van der Waals surface area contributed by atoms with Gasteiger partial charge in [-0.05, 0) is 30.9 Å². The van der Waals surface area contributed by atoms with Crippen LogP contribution in [-0.4, -0.2) is 33.1 Å². The molecule has 2 rings (SSSR count). The summed E-state index contributed by atoms with van der Waals surface area (Å²) in [5.41, 5.74) is -0.00697. The summed E-state index contributed by atoms with van der Waals surface area (Å²) in [5, 5.41) is 19.0. The number of nitrogens with one attached hydrogen (secondary N) is 1. The summed E-state index contributed by atoms with van der Waals surface area (Å²) < 4.78 is 27.9. The van der Waals surface area contributed by atoms with Crippen LogP contribution in [0.2, 0.25) is 0 Å². The second-order valence-corrected chi connectivity index (χ2v) is 6.48. The van der Waals surface area contributed by atoms with Gasteiger partial charge in [0.2, 0.25) is 10.0 Å². The Kier molecular flexibility index (Phi) is 4.76. The number of hydrogen-bond acceptors (Lipinski definition) is 6. The molecule has 21 heavy (non-hydrogen) atoms. The van der Waals surface area contributed by atoms with Crippen molar-refractivity contribution in [3.05, 3.63) is 28.3 Å². The van der Waals surface area contributed by atoms with Crippen LogP contribution in [0.3, 0.4) is 0 Å². The van der Waals surface area contributed by atoms with Gasteiger partial charge < -0.3 is 10.1 Å². The van der Waals surface area contributed by atoms with Crippen LogP contribution in [0.4, 0.5) is 11.4 Å². The lowest BCUT2D eigenvalue weighted by Crippen LogP contribution is -2.23. The Morgan fingerprint density at radius 1 is 1.38 bits per heavy atom. The molecule has 0 atom stereocenters. The summed E-state index contributed by atoms with van der Waals surface area (Å²) in [6.07, 6.45) is 1.74. The summed E-state index contributed by atoms with van der Waals surface area (Å²) in [7, 11) is -3.89. The Morgan fingerprint density at radius 2 is 2.05 bits per heavy atom. The molecular weight excluding hydrogens is 298 g/mol. The van der Waals surface area contributed by atoms with E-state index in [1.165, 1.54) is 6.07 Å². The zero-order valence-electron chi connectivity index (χ0n) is 11.3. The maximum Gasteiger partial charge on any atom is 0.292 e. The van der Waals surface area contributed by atoms with Gasteiger partial charge in [-0.3, -0.25) is 10.1 Å². The summed E-state index contributed by atoms with van der Waals surface area (Å²) >= 11 is 0. The van der Waals surface area contributed by atoms with Crippen molar-refractivity contribution in [1.29, 1.82) is 0 Å². The molecule has 1 aliphatic rings. The fourth-order valence-electron chi connectivity index (χ4n) is 2.20. The highest BCUT2D eigenvalue weighted by molar-refractivity contribution is 7.89. The lowest BCUT2D eigenvalue weighted by molar-refractivity contribution is -0.384. The van der Waals surface area contributed by atoms with Gasteiger partial charge in [0.25, 0.3) is 5.69 Å². The van der Waals surface area contributed by atoms with Gasteiger partial charge in [-0.1, -0.05) is 0 Å². The van der Waals surface area contributed by atoms with Crippen molar-refractivity contribution in [3.63, 3.8) is 0 Å². The predicted molar refractivity (Wildman–Crippen MR) is 76.5 cm³/mol. The van der Waals surface area contributed by atoms with Crippen LogP contribution in [0.1, 0.15) is 12.8 Å². The minimum atomic E-state index is -3.89. The Morgan fingerprint density at radius 3 is 2.62 bits per heavy atom. The number of primary sulfonamides is 1. The average Bonchev–Trinajstić information content (AvgIpc) is 2.45. The Labute approximate surface area is 122 Å². The number of benzene rings is 1. The van der Waals surface area contributed by atoms with Crippen molar-refractivity contribution in [3.8, 4) is 0 Å². The molecule has 8 nitrogen and oxygen atoms in total. The molecule has 1 fully saturated rings. The van der Waals surface area contributed by atoms with Crippen molar-refractivity contribution >= 4 is 21.4 Å². The number of sulfonamides is 1. The van der Waals surface area contributed by atoms with Gasteiger partial charge in [-0.25, -0.2) is 13.6 Å². The van der Waals surface area contributed by atoms with Crippen LogP contribution in [0.5, 0.6) is 0 Å². The molecule has 0 amide bonds. The van der Waals surface area contributed by atoms with Crippen molar-refractivity contribution in [1.82, 2.24) is 0 Å². The minimum Gasteiger partial charge on any atom is -0.381 e. The number of nitro groups is 1. The number of hydrogen-bond donors (Lipinski definition) is 2. The fraction of sp³-hybridized carbons (Fsp3) is 0.500. The summed E-state index contributed by atoms with van der Waals surface area (Å²) in [6, 6.07) is 3.48. The molecule has 9 heteroatoms. The third kappa shape index (κ3) is 4.13. The molecule has 0 unspecified atom stereocenters. The van der Waals surface area contributed by atoms with Crippen molar-refractivity contribution in [2.75, 3.05) is 25.1 Å². The second-order valence-electron chi connectivity index (χ2n) is 4.92. The van der Waals surface area contributed by atoms with Gasteiger partial charge >= 0.3 is 0 Å². The highest BCUT2D eigenvalue weighted by Gasteiger charge is 2.20. The first-order valence-electron chi connectivity index (χ1n) is 6.51. The Balaban J connectivity index is 2.20. The van der Waals surface area contributed by atoms with Gasteiger partial charge in [-0.15, -0.1) is 0 Å². The predicted octanol–water partition coefficient (Wildman–Crippen LogP) is 1.08. The molecule has 0 radical (unpaired) electrons.